The molecular weight excluding hydrogens is 450 g/mol. The summed E-state index contributed by atoms with van der Waals surface area (Å²) in [5.41, 5.74) is 2.07. The lowest BCUT2D eigenvalue weighted by molar-refractivity contribution is -0.0446. The van der Waals surface area contributed by atoms with E-state index in [9.17, 15) is 18.6 Å². The van der Waals surface area contributed by atoms with Gasteiger partial charge >= 0.3 is 0 Å². The topological polar surface area (TPSA) is 88.8 Å². The summed E-state index contributed by atoms with van der Waals surface area (Å²) in [6.07, 6.45) is 6.95. The van der Waals surface area contributed by atoms with Crippen LogP contribution in [-0.2, 0) is 16.4 Å². The second kappa shape index (κ2) is 9.11. The van der Waals surface area contributed by atoms with Crippen molar-refractivity contribution in [3.8, 4) is 5.75 Å². The van der Waals surface area contributed by atoms with E-state index in [1.54, 1.807) is 49.7 Å². The number of fused-ring (bicyclic) bond motifs is 1. The molecule has 2 N–H and O–H groups in total. The van der Waals surface area contributed by atoms with Crippen molar-refractivity contribution in [3.05, 3.63) is 83.0 Å². The lowest BCUT2D eigenvalue weighted by Crippen LogP contribution is -2.12. The molecule has 2 aromatic carbocycles. The standard InChI is InChI=1S/C24H24ClNO5S/c1-31-20-9-10-23-22(14-20)18(8-11-24(27)28)15-26(23)32(29,30)21-7-3-5-17(13-21)16-4-2-6-19(25)12-16/h2-3,5-7,9-10,12-16,24,27-28H,4,8,11H2,1H3. The summed E-state index contributed by atoms with van der Waals surface area (Å²) >= 11 is 6.14. The van der Waals surface area contributed by atoms with Gasteiger partial charge in [0.25, 0.3) is 10.0 Å². The van der Waals surface area contributed by atoms with Crippen molar-refractivity contribution >= 4 is 32.5 Å². The van der Waals surface area contributed by atoms with Crippen molar-refractivity contribution in [1.82, 2.24) is 3.97 Å². The van der Waals surface area contributed by atoms with E-state index in [0.717, 1.165) is 12.0 Å². The molecule has 3 aromatic rings. The summed E-state index contributed by atoms with van der Waals surface area (Å²) in [5, 5.41) is 19.9. The van der Waals surface area contributed by atoms with Crippen molar-refractivity contribution < 1.29 is 23.4 Å². The number of ether oxygens (including phenoxy) is 1. The fourth-order valence-corrected chi connectivity index (χ4v) is 5.64. The van der Waals surface area contributed by atoms with Crippen LogP contribution >= 0.6 is 11.6 Å². The zero-order valence-corrected chi connectivity index (χ0v) is 19.1. The molecule has 1 aliphatic carbocycles. The SMILES string of the molecule is COc1ccc2c(c1)c(CCC(O)O)cn2S(=O)(=O)c1cccc(C2C=C(Cl)C=CC2)c1. The van der Waals surface area contributed by atoms with Gasteiger partial charge in [-0.3, -0.25) is 0 Å². The zero-order valence-electron chi connectivity index (χ0n) is 17.5. The predicted octanol–water partition coefficient (Wildman–Crippen LogP) is 4.30. The van der Waals surface area contributed by atoms with E-state index in [2.05, 4.69) is 0 Å². The molecule has 0 radical (unpaired) electrons. The highest BCUT2D eigenvalue weighted by molar-refractivity contribution is 7.90. The van der Waals surface area contributed by atoms with Gasteiger partial charge in [0, 0.05) is 29.0 Å². The molecule has 4 rings (SSSR count). The van der Waals surface area contributed by atoms with Crippen LogP contribution in [0.1, 0.15) is 29.9 Å². The van der Waals surface area contributed by atoms with Crippen LogP contribution in [0.25, 0.3) is 10.9 Å². The molecule has 6 nitrogen and oxygen atoms in total. The number of aliphatic hydroxyl groups excluding tert-OH is 1. The molecule has 8 heteroatoms. The molecule has 0 saturated heterocycles. The van der Waals surface area contributed by atoms with Crippen LogP contribution in [0.3, 0.4) is 0 Å². The van der Waals surface area contributed by atoms with E-state index in [4.69, 9.17) is 16.3 Å². The second-order valence-corrected chi connectivity index (χ2v) is 9.98. The number of hydrogen-bond donors (Lipinski definition) is 2. The number of halogens is 1. The van der Waals surface area contributed by atoms with Gasteiger partial charge in [-0.1, -0.05) is 35.9 Å². The molecule has 1 aliphatic rings. The normalized spacial score (nSPS) is 16.5. The summed E-state index contributed by atoms with van der Waals surface area (Å²) in [6, 6.07) is 12.1. The summed E-state index contributed by atoms with van der Waals surface area (Å²) in [4.78, 5) is 0.176. The molecule has 0 amide bonds. The van der Waals surface area contributed by atoms with Gasteiger partial charge in [0.1, 0.15) is 5.75 Å². The first-order chi connectivity index (χ1) is 15.3. The number of rotatable bonds is 7. The molecule has 1 atom stereocenters. The van der Waals surface area contributed by atoms with Crippen molar-refractivity contribution in [2.75, 3.05) is 7.11 Å². The Hall–Kier alpha value is -2.58. The Kier molecular flexibility index (Phi) is 6.44. The number of nitrogens with zero attached hydrogens (tertiary/aromatic N) is 1. The number of aryl methyl sites for hydroxylation is 1. The first-order valence-electron chi connectivity index (χ1n) is 10.2. The Labute approximate surface area is 192 Å². The van der Waals surface area contributed by atoms with Crippen LogP contribution in [-0.4, -0.2) is 36.0 Å². The summed E-state index contributed by atoms with van der Waals surface area (Å²) in [6.45, 7) is 0. The molecule has 0 aliphatic heterocycles. The van der Waals surface area contributed by atoms with Crippen LogP contribution in [0, 0.1) is 0 Å². The largest absolute Gasteiger partial charge is 0.497 e. The Morgan fingerprint density at radius 3 is 2.75 bits per heavy atom. The number of aliphatic hydroxyl groups is 2. The smallest absolute Gasteiger partial charge is 0.268 e. The molecule has 0 bridgehead atoms. The molecule has 0 fully saturated rings. The minimum atomic E-state index is -3.90. The van der Waals surface area contributed by atoms with E-state index in [-0.39, 0.29) is 17.2 Å². The third-order valence-electron chi connectivity index (χ3n) is 5.60. The van der Waals surface area contributed by atoms with Gasteiger partial charge in [0.15, 0.2) is 6.29 Å². The van der Waals surface area contributed by atoms with Gasteiger partial charge < -0.3 is 14.9 Å². The predicted molar refractivity (Wildman–Crippen MR) is 124 cm³/mol. The van der Waals surface area contributed by atoms with E-state index >= 15 is 0 Å². The maximum Gasteiger partial charge on any atom is 0.268 e. The molecule has 1 unspecified atom stereocenters. The van der Waals surface area contributed by atoms with E-state index in [1.807, 2.05) is 24.3 Å². The fraction of sp³-hybridized carbons (Fsp3) is 0.250. The van der Waals surface area contributed by atoms with E-state index in [1.165, 1.54) is 3.97 Å². The number of benzene rings is 2. The highest BCUT2D eigenvalue weighted by Crippen LogP contribution is 2.33. The van der Waals surface area contributed by atoms with Gasteiger partial charge in [-0.15, -0.1) is 0 Å². The maximum atomic E-state index is 13.6. The molecule has 1 aromatic heterocycles. The Morgan fingerprint density at radius 2 is 2.03 bits per heavy atom. The van der Waals surface area contributed by atoms with Crippen molar-refractivity contribution in [1.29, 1.82) is 0 Å². The van der Waals surface area contributed by atoms with Gasteiger partial charge in [-0.25, -0.2) is 12.4 Å². The summed E-state index contributed by atoms with van der Waals surface area (Å²) in [7, 11) is -2.36. The molecular formula is C24H24ClNO5S. The van der Waals surface area contributed by atoms with Crippen molar-refractivity contribution in [2.24, 2.45) is 0 Å². The number of methoxy groups -OCH3 is 1. The first kappa shape index (κ1) is 22.6. The molecule has 1 heterocycles. The Morgan fingerprint density at radius 1 is 1.22 bits per heavy atom. The fourth-order valence-electron chi connectivity index (χ4n) is 3.95. The number of allylic oxidation sites excluding steroid dienone is 4. The zero-order chi connectivity index (χ0) is 22.9. The minimum Gasteiger partial charge on any atom is -0.497 e. The van der Waals surface area contributed by atoms with Crippen LogP contribution in [0.5, 0.6) is 5.75 Å². The Balaban J connectivity index is 1.79. The van der Waals surface area contributed by atoms with Crippen LogP contribution in [0.4, 0.5) is 0 Å². The average molecular weight is 474 g/mol. The lowest BCUT2D eigenvalue weighted by atomic mass is 9.93. The maximum absolute atomic E-state index is 13.6. The van der Waals surface area contributed by atoms with E-state index in [0.29, 0.717) is 33.7 Å². The summed E-state index contributed by atoms with van der Waals surface area (Å²) < 4.78 is 33.8. The molecule has 32 heavy (non-hydrogen) atoms. The number of hydrogen-bond acceptors (Lipinski definition) is 5. The highest BCUT2D eigenvalue weighted by Gasteiger charge is 2.23. The third kappa shape index (κ3) is 4.47. The summed E-state index contributed by atoms with van der Waals surface area (Å²) in [5.74, 6) is 0.601. The van der Waals surface area contributed by atoms with Gasteiger partial charge in [0.2, 0.25) is 0 Å². The highest BCUT2D eigenvalue weighted by atomic mass is 35.5. The van der Waals surface area contributed by atoms with E-state index < -0.39 is 16.3 Å². The lowest BCUT2D eigenvalue weighted by Gasteiger charge is -2.16. The minimum absolute atomic E-state index is 0.00919. The van der Waals surface area contributed by atoms with Crippen molar-refractivity contribution in [2.45, 2.75) is 36.4 Å². The third-order valence-corrected chi connectivity index (χ3v) is 7.52. The van der Waals surface area contributed by atoms with Crippen LogP contribution in [0.15, 0.2) is 76.8 Å². The quantitative estimate of drug-likeness (QED) is 0.499. The van der Waals surface area contributed by atoms with Crippen molar-refractivity contribution in [3.63, 3.8) is 0 Å². The number of aromatic nitrogens is 1. The van der Waals surface area contributed by atoms with Crippen LogP contribution < -0.4 is 4.74 Å². The Bertz CT molecular complexity index is 1310. The average Bonchev–Trinajstić information content (AvgIpc) is 3.16. The first-order valence-corrected chi connectivity index (χ1v) is 12.0. The molecule has 168 valence electrons. The van der Waals surface area contributed by atoms with Crippen LogP contribution in [0.2, 0.25) is 0 Å². The second-order valence-electron chi connectivity index (χ2n) is 7.73. The van der Waals surface area contributed by atoms with Gasteiger partial charge in [0.05, 0.1) is 17.5 Å². The molecule has 0 saturated carbocycles. The van der Waals surface area contributed by atoms with Gasteiger partial charge in [-0.2, -0.15) is 0 Å². The van der Waals surface area contributed by atoms with Gasteiger partial charge in [-0.05, 0) is 60.4 Å². The molecule has 0 spiro atoms. The monoisotopic (exact) mass is 473 g/mol.